The van der Waals surface area contributed by atoms with E-state index in [-0.39, 0.29) is 11.9 Å². The molecule has 1 aliphatic rings. The normalized spacial score (nSPS) is 16.9. The van der Waals surface area contributed by atoms with Gasteiger partial charge in [-0.1, -0.05) is 25.8 Å². The molecule has 0 radical (unpaired) electrons. The van der Waals surface area contributed by atoms with Crippen LogP contribution in [0.5, 0.6) is 5.75 Å². The molecule has 0 bridgehead atoms. The van der Waals surface area contributed by atoms with Crippen molar-refractivity contribution >= 4 is 0 Å². The van der Waals surface area contributed by atoms with Gasteiger partial charge in [0.15, 0.2) is 11.6 Å². The summed E-state index contributed by atoms with van der Waals surface area (Å²) in [6.45, 7) is 3.80. The highest BCUT2D eigenvalue weighted by atomic mass is 19.1. The maximum absolute atomic E-state index is 14.1. The predicted molar refractivity (Wildman–Crippen MR) is 80.5 cm³/mol. The number of nitrogens with one attached hydrogen (secondary N) is 1. The molecular weight excluding hydrogens is 253 g/mol. The smallest absolute Gasteiger partial charge is 0.165 e. The Balaban J connectivity index is 1.91. The van der Waals surface area contributed by atoms with E-state index in [2.05, 4.69) is 12.2 Å². The molecule has 3 heteroatoms. The highest BCUT2D eigenvalue weighted by Gasteiger charge is 2.15. The third-order valence-electron chi connectivity index (χ3n) is 3.85. The average molecular weight is 279 g/mol. The molecule has 1 aliphatic carbocycles. The van der Waals surface area contributed by atoms with Crippen LogP contribution in [0, 0.1) is 5.82 Å². The van der Waals surface area contributed by atoms with Gasteiger partial charge in [-0.2, -0.15) is 0 Å². The van der Waals surface area contributed by atoms with Crippen LogP contribution in [0.25, 0.3) is 0 Å². The van der Waals surface area contributed by atoms with Gasteiger partial charge in [-0.25, -0.2) is 4.39 Å². The summed E-state index contributed by atoms with van der Waals surface area (Å²) >= 11 is 0. The molecule has 1 aromatic carbocycles. The summed E-state index contributed by atoms with van der Waals surface area (Å²) < 4.78 is 19.9. The second kappa shape index (κ2) is 8.25. The Morgan fingerprint density at radius 2 is 1.95 bits per heavy atom. The molecule has 1 fully saturated rings. The number of ether oxygens (including phenoxy) is 1. The van der Waals surface area contributed by atoms with Crippen molar-refractivity contribution < 1.29 is 9.13 Å². The van der Waals surface area contributed by atoms with E-state index < -0.39 is 0 Å². The Kier molecular flexibility index (Phi) is 6.31. The molecule has 0 atom stereocenters. The highest BCUT2D eigenvalue weighted by Crippen LogP contribution is 2.25. The van der Waals surface area contributed by atoms with Crippen molar-refractivity contribution in [3.05, 3.63) is 29.6 Å². The van der Waals surface area contributed by atoms with E-state index in [4.69, 9.17) is 4.74 Å². The first-order valence-electron chi connectivity index (χ1n) is 7.95. The molecule has 0 unspecified atom stereocenters. The average Bonchev–Trinajstić information content (AvgIpc) is 2.71. The van der Waals surface area contributed by atoms with E-state index in [9.17, 15) is 4.39 Å². The lowest BCUT2D eigenvalue weighted by Gasteiger charge is -2.17. The van der Waals surface area contributed by atoms with Gasteiger partial charge in [0.2, 0.25) is 0 Å². The summed E-state index contributed by atoms with van der Waals surface area (Å²) in [6, 6.07) is 5.33. The van der Waals surface area contributed by atoms with Gasteiger partial charge in [0.25, 0.3) is 0 Å². The third-order valence-corrected chi connectivity index (χ3v) is 3.85. The SMILES string of the molecule is CCCNCc1ccc(OC2CCCCCC2)c(F)c1. The van der Waals surface area contributed by atoms with Crippen molar-refractivity contribution in [1.82, 2.24) is 5.32 Å². The zero-order valence-corrected chi connectivity index (χ0v) is 12.5. The Morgan fingerprint density at radius 1 is 1.20 bits per heavy atom. The number of benzene rings is 1. The largest absolute Gasteiger partial charge is 0.487 e. The summed E-state index contributed by atoms with van der Waals surface area (Å²) in [7, 11) is 0. The second-order valence-electron chi connectivity index (χ2n) is 5.67. The van der Waals surface area contributed by atoms with Gasteiger partial charge in [-0.3, -0.25) is 0 Å². The van der Waals surface area contributed by atoms with Crippen LogP contribution in [0.4, 0.5) is 4.39 Å². The van der Waals surface area contributed by atoms with Crippen LogP contribution in [0.3, 0.4) is 0 Å². The van der Waals surface area contributed by atoms with Crippen LogP contribution in [-0.4, -0.2) is 12.6 Å². The topological polar surface area (TPSA) is 21.3 Å². The molecule has 1 saturated carbocycles. The summed E-state index contributed by atoms with van der Waals surface area (Å²) in [6.07, 6.45) is 8.35. The van der Waals surface area contributed by atoms with Gasteiger partial charge in [0.1, 0.15) is 0 Å². The Labute approximate surface area is 121 Å². The molecule has 0 aromatic heterocycles. The number of rotatable bonds is 6. The maximum Gasteiger partial charge on any atom is 0.165 e. The minimum atomic E-state index is -0.231. The molecule has 2 rings (SSSR count). The summed E-state index contributed by atoms with van der Waals surface area (Å²) in [5, 5.41) is 3.28. The minimum Gasteiger partial charge on any atom is -0.487 e. The molecule has 0 spiro atoms. The highest BCUT2D eigenvalue weighted by molar-refractivity contribution is 5.29. The van der Waals surface area contributed by atoms with E-state index >= 15 is 0 Å². The number of hydrogen-bond donors (Lipinski definition) is 1. The first kappa shape index (κ1) is 15.3. The quantitative estimate of drug-likeness (QED) is 0.614. The van der Waals surface area contributed by atoms with Gasteiger partial charge >= 0.3 is 0 Å². The van der Waals surface area contributed by atoms with E-state index in [1.807, 2.05) is 6.07 Å². The summed E-state index contributed by atoms with van der Waals surface area (Å²) in [5.74, 6) is 0.182. The van der Waals surface area contributed by atoms with Gasteiger partial charge in [0, 0.05) is 6.54 Å². The molecule has 0 aliphatic heterocycles. The van der Waals surface area contributed by atoms with Crippen molar-refractivity contribution in [1.29, 1.82) is 0 Å². The Morgan fingerprint density at radius 3 is 2.60 bits per heavy atom. The van der Waals surface area contributed by atoms with Crippen LogP contribution in [-0.2, 0) is 6.54 Å². The zero-order valence-electron chi connectivity index (χ0n) is 12.5. The molecule has 2 nitrogen and oxygen atoms in total. The van der Waals surface area contributed by atoms with Crippen molar-refractivity contribution in [2.45, 2.75) is 64.5 Å². The molecule has 0 saturated heterocycles. The lowest BCUT2D eigenvalue weighted by molar-refractivity contribution is 0.176. The van der Waals surface area contributed by atoms with Crippen LogP contribution >= 0.6 is 0 Å². The fourth-order valence-electron chi connectivity index (χ4n) is 2.70. The van der Waals surface area contributed by atoms with Crippen molar-refractivity contribution in [2.24, 2.45) is 0 Å². The molecule has 0 heterocycles. The van der Waals surface area contributed by atoms with Gasteiger partial charge in [-0.15, -0.1) is 0 Å². The fraction of sp³-hybridized carbons (Fsp3) is 0.647. The minimum absolute atomic E-state index is 0.191. The zero-order chi connectivity index (χ0) is 14.2. The van der Waals surface area contributed by atoms with Crippen molar-refractivity contribution in [3.63, 3.8) is 0 Å². The fourth-order valence-corrected chi connectivity index (χ4v) is 2.70. The van der Waals surface area contributed by atoms with Crippen LogP contribution < -0.4 is 10.1 Å². The molecule has 112 valence electrons. The van der Waals surface area contributed by atoms with E-state index in [1.165, 1.54) is 25.7 Å². The molecular formula is C17H26FNO. The number of hydrogen-bond acceptors (Lipinski definition) is 2. The van der Waals surface area contributed by atoms with Crippen LogP contribution in [0.15, 0.2) is 18.2 Å². The summed E-state index contributed by atoms with van der Waals surface area (Å²) in [4.78, 5) is 0. The van der Waals surface area contributed by atoms with Crippen LogP contribution in [0.2, 0.25) is 0 Å². The standard InChI is InChI=1S/C17H26FNO/c1-2-11-19-13-14-9-10-17(16(18)12-14)20-15-7-5-3-4-6-8-15/h9-10,12,15,19H,2-8,11,13H2,1H3. The lowest BCUT2D eigenvalue weighted by atomic mass is 10.1. The molecule has 1 N–H and O–H groups in total. The monoisotopic (exact) mass is 279 g/mol. The second-order valence-corrected chi connectivity index (χ2v) is 5.67. The van der Waals surface area contributed by atoms with Gasteiger partial charge in [-0.05, 0) is 56.3 Å². The Hall–Kier alpha value is -1.09. The van der Waals surface area contributed by atoms with E-state index in [1.54, 1.807) is 12.1 Å². The molecule has 20 heavy (non-hydrogen) atoms. The maximum atomic E-state index is 14.1. The van der Waals surface area contributed by atoms with Crippen molar-refractivity contribution in [3.8, 4) is 5.75 Å². The first-order chi connectivity index (χ1) is 9.79. The summed E-state index contributed by atoms with van der Waals surface area (Å²) in [5.41, 5.74) is 0.976. The van der Waals surface area contributed by atoms with Gasteiger partial charge < -0.3 is 10.1 Å². The first-order valence-corrected chi connectivity index (χ1v) is 7.95. The Bertz CT molecular complexity index is 400. The van der Waals surface area contributed by atoms with Gasteiger partial charge in [0.05, 0.1) is 6.10 Å². The lowest BCUT2D eigenvalue weighted by Crippen LogP contribution is -2.16. The molecule has 0 amide bonds. The van der Waals surface area contributed by atoms with Crippen molar-refractivity contribution in [2.75, 3.05) is 6.54 Å². The van der Waals surface area contributed by atoms with E-state index in [0.717, 1.165) is 31.4 Å². The number of halogens is 1. The van der Waals surface area contributed by atoms with E-state index in [0.29, 0.717) is 12.3 Å². The third kappa shape index (κ3) is 4.78. The predicted octanol–water partition coefficient (Wildman–Crippen LogP) is 4.43. The van der Waals surface area contributed by atoms with Crippen LogP contribution in [0.1, 0.15) is 57.4 Å². The molecule has 1 aromatic rings.